The number of ether oxygens (including phenoxy) is 3. The number of carbonyl (C=O) groups is 1. The highest BCUT2D eigenvalue weighted by atomic mass is 32.2. The normalized spacial score (nSPS) is 22.9. The number of aryl methyl sites for hydroxylation is 1. The van der Waals surface area contributed by atoms with Crippen LogP contribution in [0.25, 0.3) is 11.1 Å². The Hall–Kier alpha value is -3.75. The number of rotatable bonds is 8. The number of anilines is 1. The largest absolute Gasteiger partial charge is 0.448 e. The molecular weight excluding hydrogens is 671 g/mol. The van der Waals surface area contributed by atoms with E-state index < -0.39 is 24.4 Å². The summed E-state index contributed by atoms with van der Waals surface area (Å²) in [5.41, 5.74) is 3.16. The summed E-state index contributed by atoms with van der Waals surface area (Å²) in [6.45, 7) is 10.5. The molecular formula is C36H44F3N5O5S. The van der Waals surface area contributed by atoms with Crippen LogP contribution in [-0.2, 0) is 11.3 Å². The second kappa shape index (κ2) is 14.1. The van der Waals surface area contributed by atoms with Gasteiger partial charge in [-0.2, -0.15) is 13.2 Å². The minimum Gasteiger partial charge on any atom is -0.448 e. The lowest BCUT2D eigenvalue weighted by atomic mass is 9.89. The van der Waals surface area contributed by atoms with Crippen LogP contribution in [-0.4, -0.2) is 83.9 Å². The molecule has 3 aromatic rings. The molecule has 3 atom stereocenters. The average molecular weight is 716 g/mol. The predicted molar refractivity (Wildman–Crippen MR) is 186 cm³/mol. The summed E-state index contributed by atoms with van der Waals surface area (Å²) in [6, 6.07) is 7.51. The molecule has 2 N–H and O–H groups in total. The van der Waals surface area contributed by atoms with Crippen molar-refractivity contribution in [3.63, 3.8) is 0 Å². The molecule has 2 aromatic heterocycles. The van der Waals surface area contributed by atoms with Crippen molar-refractivity contribution in [3.05, 3.63) is 63.2 Å². The van der Waals surface area contributed by atoms with Gasteiger partial charge in [0.15, 0.2) is 11.5 Å². The lowest BCUT2D eigenvalue weighted by molar-refractivity contribution is -0.159. The number of pyridine rings is 2. The van der Waals surface area contributed by atoms with E-state index in [0.717, 1.165) is 16.4 Å². The monoisotopic (exact) mass is 715 g/mol. The van der Waals surface area contributed by atoms with Crippen molar-refractivity contribution in [2.24, 2.45) is 5.92 Å². The van der Waals surface area contributed by atoms with Crippen LogP contribution in [0.1, 0.15) is 60.8 Å². The van der Waals surface area contributed by atoms with Gasteiger partial charge < -0.3 is 29.4 Å². The molecule has 5 heterocycles. The fourth-order valence-corrected chi connectivity index (χ4v) is 7.97. The van der Waals surface area contributed by atoms with Gasteiger partial charge in [0, 0.05) is 77.1 Å². The molecule has 0 saturated carbocycles. The molecule has 14 heteroatoms. The summed E-state index contributed by atoms with van der Waals surface area (Å²) in [5.74, 6) is -0.0622. The number of piperidine rings is 1. The van der Waals surface area contributed by atoms with E-state index in [0.29, 0.717) is 65.2 Å². The minimum atomic E-state index is -4.26. The number of morpholine rings is 1. The summed E-state index contributed by atoms with van der Waals surface area (Å²) in [7, 11) is 0. The van der Waals surface area contributed by atoms with E-state index in [1.807, 2.05) is 52.1 Å². The highest BCUT2D eigenvalue weighted by Crippen LogP contribution is 2.52. The number of carbonyl (C=O) groups excluding carboxylic acids is 1. The first-order valence-electron chi connectivity index (χ1n) is 16.9. The Labute approximate surface area is 294 Å². The Morgan fingerprint density at radius 3 is 2.40 bits per heavy atom. The van der Waals surface area contributed by atoms with E-state index in [4.69, 9.17) is 19.2 Å². The highest BCUT2D eigenvalue weighted by Gasteiger charge is 2.48. The quantitative estimate of drug-likeness (QED) is 0.269. The molecule has 6 rings (SSSR count). The van der Waals surface area contributed by atoms with Crippen molar-refractivity contribution in [1.82, 2.24) is 20.2 Å². The Balaban J connectivity index is 1.32. The predicted octanol–water partition coefficient (Wildman–Crippen LogP) is 6.08. The van der Waals surface area contributed by atoms with E-state index in [1.165, 1.54) is 16.7 Å². The Kier molecular flexibility index (Phi) is 10.2. The lowest BCUT2D eigenvalue weighted by Gasteiger charge is -2.39. The number of thioether (sulfide) groups is 1. The van der Waals surface area contributed by atoms with E-state index in [-0.39, 0.29) is 43.3 Å². The maximum Gasteiger partial charge on any atom is 0.401 e. The Bertz CT molecular complexity index is 1780. The summed E-state index contributed by atoms with van der Waals surface area (Å²) < 4.78 is 58.3. The topological polar surface area (TPSA) is 109 Å². The number of halogens is 3. The molecule has 3 aliphatic rings. The molecule has 0 spiro atoms. The molecule has 1 aromatic carbocycles. The van der Waals surface area contributed by atoms with Gasteiger partial charge in [0.25, 0.3) is 17.3 Å². The third kappa shape index (κ3) is 7.62. The molecule has 3 aliphatic heterocycles. The maximum atomic E-state index is 13.9. The number of nitrogens with zero attached hydrogens (tertiary/aromatic N) is 3. The molecule has 0 bridgehead atoms. The van der Waals surface area contributed by atoms with E-state index in [1.54, 1.807) is 19.2 Å². The van der Waals surface area contributed by atoms with Crippen LogP contribution in [0.2, 0.25) is 0 Å². The molecule has 0 aliphatic carbocycles. The van der Waals surface area contributed by atoms with Crippen LogP contribution >= 0.6 is 11.8 Å². The molecule has 1 unspecified atom stereocenters. The van der Waals surface area contributed by atoms with Crippen molar-refractivity contribution in [3.8, 4) is 22.6 Å². The van der Waals surface area contributed by atoms with Crippen molar-refractivity contribution in [2.75, 3.05) is 43.9 Å². The smallest absolute Gasteiger partial charge is 0.401 e. The van der Waals surface area contributed by atoms with Crippen molar-refractivity contribution in [1.29, 1.82) is 0 Å². The number of alkyl halides is 3. The number of nitrogens with one attached hydrogen (secondary N) is 2. The van der Waals surface area contributed by atoms with Gasteiger partial charge in [-0.3, -0.25) is 14.5 Å². The zero-order chi connectivity index (χ0) is 36.0. The molecule has 2 saturated heterocycles. The maximum absolute atomic E-state index is 13.9. The number of H-pyrrole nitrogens is 1. The van der Waals surface area contributed by atoms with Crippen LogP contribution in [0.5, 0.6) is 11.5 Å². The van der Waals surface area contributed by atoms with Gasteiger partial charge in [0.05, 0.1) is 18.8 Å². The summed E-state index contributed by atoms with van der Waals surface area (Å²) >= 11 is 1.43. The van der Waals surface area contributed by atoms with Gasteiger partial charge in [0.1, 0.15) is 5.82 Å². The van der Waals surface area contributed by atoms with Gasteiger partial charge >= 0.3 is 6.18 Å². The summed E-state index contributed by atoms with van der Waals surface area (Å²) in [6.07, 6.45) is 0.403. The standard InChI is InChI=1S/C36H44F3N5O5S/c1-20-13-29(50-6)28(34(46)42-20)16-41-33(45)26-14-27(24-7-8-30(40-15-24)44-17-21(2)47-22(3)18-44)32-31(23(26)4)48-35(5,49-32)25-9-11-43(12-10-25)19-36(37,38)39/h7-8,13-15,21-22,25H,9-12,16-19H2,1-6H3,(H,41,45)(H,42,46)/t21-,22+,35?. The van der Waals surface area contributed by atoms with Crippen LogP contribution in [0.4, 0.5) is 19.0 Å². The first kappa shape index (κ1) is 36.1. The molecule has 0 radical (unpaired) electrons. The summed E-state index contributed by atoms with van der Waals surface area (Å²) in [5, 5.41) is 2.93. The van der Waals surface area contributed by atoms with Gasteiger partial charge in [-0.05, 0) is 84.1 Å². The third-order valence-electron chi connectivity index (χ3n) is 9.75. The number of amides is 1. The fourth-order valence-electron chi connectivity index (χ4n) is 7.27. The zero-order valence-corrected chi connectivity index (χ0v) is 30.0. The number of fused-ring (bicyclic) bond motifs is 1. The zero-order valence-electron chi connectivity index (χ0n) is 29.2. The number of aromatic amines is 1. The van der Waals surface area contributed by atoms with Crippen molar-refractivity contribution < 1.29 is 32.2 Å². The molecule has 1 amide bonds. The number of benzene rings is 1. The van der Waals surface area contributed by atoms with Crippen LogP contribution < -0.4 is 25.2 Å². The van der Waals surface area contributed by atoms with Crippen molar-refractivity contribution in [2.45, 2.75) is 83.1 Å². The Morgan fingerprint density at radius 2 is 1.78 bits per heavy atom. The molecule has 10 nitrogen and oxygen atoms in total. The lowest BCUT2D eigenvalue weighted by Crippen LogP contribution is -2.49. The first-order chi connectivity index (χ1) is 23.6. The van der Waals surface area contributed by atoms with Gasteiger partial charge in [-0.25, -0.2) is 4.98 Å². The highest BCUT2D eigenvalue weighted by molar-refractivity contribution is 7.98. The first-order valence-corrected chi connectivity index (χ1v) is 18.1. The number of aromatic nitrogens is 2. The second-order valence-electron chi connectivity index (χ2n) is 13.7. The minimum absolute atomic E-state index is 0.0225. The molecule has 270 valence electrons. The summed E-state index contributed by atoms with van der Waals surface area (Å²) in [4.78, 5) is 38.6. The average Bonchev–Trinajstić information content (AvgIpc) is 3.42. The van der Waals surface area contributed by atoms with Gasteiger partial charge in [0.2, 0.25) is 0 Å². The van der Waals surface area contributed by atoms with E-state index in [9.17, 15) is 22.8 Å². The second-order valence-corrected chi connectivity index (χ2v) is 14.6. The number of hydrogen-bond acceptors (Lipinski definition) is 9. The fraction of sp³-hybridized carbons (Fsp3) is 0.528. The van der Waals surface area contributed by atoms with Crippen LogP contribution in [0, 0.1) is 19.8 Å². The third-order valence-corrected chi connectivity index (χ3v) is 10.6. The van der Waals surface area contributed by atoms with Gasteiger partial charge in [-0.1, -0.05) is 0 Å². The SMILES string of the molecule is CSc1cc(C)[nH]c(=O)c1CNC(=O)c1cc(-c2ccc(N3C[C@@H](C)O[C@@H](C)C3)nc2)c2c(c1C)OC(C)(C1CCN(CC(F)(F)F)CC1)O2. The van der Waals surface area contributed by atoms with Crippen LogP contribution in [0.3, 0.4) is 0 Å². The molecule has 50 heavy (non-hydrogen) atoms. The molecule has 2 fully saturated rings. The van der Waals surface area contributed by atoms with E-state index in [2.05, 4.69) is 15.2 Å². The van der Waals surface area contributed by atoms with Crippen molar-refractivity contribution >= 4 is 23.5 Å². The number of hydrogen-bond donors (Lipinski definition) is 2. The number of likely N-dealkylation sites (tertiary alicyclic amines) is 1. The van der Waals surface area contributed by atoms with Crippen LogP contribution in [0.15, 0.2) is 40.2 Å². The Morgan fingerprint density at radius 1 is 1.10 bits per heavy atom. The van der Waals surface area contributed by atoms with Gasteiger partial charge in [-0.15, -0.1) is 11.8 Å². The van der Waals surface area contributed by atoms with E-state index >= 15 is 0 Å².